The molecule has 0 aliphatic heterocycles. The van der Waals surface area contributed by atoms with Crippen molar-refractivity contribution < 1.29 is 4.79 Å². The average molecular weight is 381 g/mol. The SMILES string of the molecule is CSCC[C@H](NC(=O)c1cccnc1)c1cc(=O)[nH]c(-c2ccccn2)n1. The smallest absolute Gasteiger partial charge is 0.253 e. The summed E-state index contributed by atoms with van der Waals surface area (Å²) in [6.45, 7) is 0. The molecule has 3 aromatic rings. The minimum atomic E-state index is -0.394. The molecule has 1 atom stereocenters. The molecule has 0 saturated heterocycles. The van der Waals surface area contributed by atoms with Gasteiger partial charge in [-0.25, -0.2) is 4.98 Å². The quantitative estimate of drug-likeness (QED) is 0.652. The highest BCUT2D eigenvalue weighted by Crippen LogP contribution is 2.19. The summed E-state index contributed by atoms with van der Waals surface area (Å²) >= 11 is 1.66. The van der Waals surface area contributed by atoms with E-state index in [4.69, 9.17) is 0 Å². The third-order valence-corrected chi connectivity index (χ3v) is 4.51. The number of rotatable bonds is 7. The molecule has 1 amide bonds. The zero-order chi connectivity index (χ0) is 19.1. The van der Waals surface area contributed by atoms with Crippen molar-refractivity contribution in [2.45, 2.75) is 12.5 Å². The molecule has 8 heteroatoms. The lowest BCUT2D eigenvalue weighted by Gasteiger charge is -2.18. The number of aromatic nitrogens is 4. The molecule has 0 radical (unpaired) electrons. The second-order valence-corrected chi connectivity index (χ2v) is 6.77. The maximum atomic E-state index is 12.5. The fraction of sp³-hybridized carbons (Fsp3) is 0.211. The Morgan fingerprint density at radius 3 is 2.85 bits per heavy atom. The minimum Gasteiger partial charge on any atom is -0.344 e. The van der Waals surface area contributed by atoms with Crippen LogP contribution in [-0.4, -0.2) is 37.9 Å². The normalized spacial score (nSPS) is 11.7. The largest absolute Gasteiger partial charge is 0.344 e. The highest BCUT2D eigenvalue weighted by molar-refractivity contribution is 7.98. The zero-order valence-electron chi connectivity index (χ0n) is 14.8. The highest BCUT2D eigenvalue weighted by Gasteiger charge is 2.19. The lowest BCUT2D eigenvalue weighted by Crippen LogP contribution is -2.31. The fourth-order valence-electron chi connectivity index (χ4n) is 2.55. The van der Waals surface area contributed by atoms with E-state index in [-0.39, 0.29) is 11.5 Å². The predicted molar refractivity (Wildman–Crippen MR) is 106 cm³/mol. The van der Waals surface area contributed by atoms with Gasteiger partial charge in [-0.1, -0.05) is 6.07 Å². The number of thioether (sulfide) groups is 1. The maximum Gasteiger partial charge on any atom is 0.253 e. The van der Waals surface area contributed by atoms with Crippen LogP contribution in [0.3, 0.4) is 0 Å². The average Bonchev–Trinajstić information content (AvgIpc) is 2.71. The molecule has 0 unspecified atom stereocenters. The number of hydrogen-bond donors (Lipinski definition) is 2. The van der Waals surface area contributed by atoms with Crippen LogP contribution in [0, 0.1) is 0 Å². The molecule has 2 N–H and O–H groups in total. The Hall–Kier alpha value is -3.00. The molecule has 0 aliphatic rings. The molecule has 3 heterocycles. The van der Waals surface area contributed by atoms with Crippen molar-refractivity contribution in [3.63, 3.8) is 0 Å². The molecule has 0 aliphatic carbocycles. The van der Waals surface area contributed by atoms with Crippen molar-refractivity contribution in [3.8, 4) is 11.5 Å². The van der Waals surface area contributed by atoms with E-state index in [0.29, 0.717) is 29.2 Å². The first kappa shape index (κ1) is 18.8. The van der Waals surface area contributed by atoms with E-state index >= 15 is 0 Å². The van der Waals surface area contributed by atoms with Crippen molar-refractivity contribution >= 4 is 17.7 Å². The summed E-state index contributed by atoms with van der Waals surface area (Å²) in [5.74, 6) is 0.935. The van der Waals surface area contributed by atoms with Crippen LogP contribution < -0.4 is 10.9 Å². The molecule has 0 fully saturated rings. The van der Waals surface area contributed by atoms with E-state index in [1.54, 1.807) is 48.4 Å². The van der Waals surface area contributed by atoms with Crippen LogP contribution in [0.1, 0.15) is 28.5 Å². The summed E-state index contributed by atoms with van der Waals surface area (Å²) in [4.78, 5) is 40.2. The fourth-order valence-corrected chi connectivity index (χ4v) is 3.02. The minimum absolute atomic E-state index is 0.254. The van der Waals surface area contributed by atoms with Crippen LogP contribution in [0.5, 0.6) is 0 Å². The molecule has 3 rings (SSSR count). The van der Waals surface area contributed by atoms with Crippen molar-refractivity contribution in [1.82, 2.24) is 25.3 Å². The van der Waals surface area contributed by atoms with Crippen molar-refractivity contribution in [2.24, 2.45) is 0 Å². The van der Waals surface area contributed by atoms with Crippen LogP contribution in [0.25, 0.3) is 11.5 Å². The Balaban J connectivity index is 1.91. The van der Waals surface area contributed by atoms with Crippen LogP contribution in [0.4, 0.5) is 0 Å². The Labute approximate surface area is 160 Å². The Kier molecular flexibility index (Phi) is 6.32. The standard InChI is InChI=1S/C19H19N5O2S/c1-27-10-7-14(23-19(26)13-5-4-8-20-12-13)16-11-17(25)24-18(22-16)15-6-2-3-9-21-15/h2-6,8-9,11-12,14H,7,10H2,1H3,(H,23,26)(H,22,24,25)/t14-/m0/s1. The first-order valence-electron chi connectivity index (χ1n) is 8.40. The summed E-state index contributed by atoms with van der Waals surface area (Å²) in [6.07, 6.45) is 7.39. The Morgan fingerprint density at radius 2 is 2.15 bits per heavy atom. The third kappa shape index (κ3) is 5.01. The number of hydrogen-bond acceptors (Lipinski definition) is 6. The second kappa shape index (κ2) is 9.09. The maximum absolute atomic E-state index is 12.5. The van der Waals surface area contributed by atoms with Crippen LogP contribution >= 0.6 is 11.8 Å². The first-order valence-corrected chi connectivity index (χ1v) is 9.79. The summed E-state index contributed by atoms with van der Waals surface area (Å²) in [6, 6.07) is 9.81. The van der Waals surface area contributed by atoms with Gasteiger partial charge in [-0.05, 0) is 42.7 Å². The van der Waals surface area contributed by atoms with E-state index in [1.165, 1.54) is 12.3 Å². The molecule has 0 spiro atoms. The van der Waals surface area contributed by atoms with Gasteiger partial charge in [0.2, 0.25) is 0 Å². The summed E-state index contributed by atoms with van der Waals surface area (Å²) < 4.78 is 0. The van der Waals surface area contributed by atoms with Gasteiger partial charge < -0.3 is 10.3 Å². The summed E-state index contributed by atoms with van der Waals surface area (Å²) in [5, 5.41) is 2.96. The van der Waals surface area contributed by atoms with E-state index < -0.39 is 6.04 Å². The third-order valence-electron chi connectivity index (χ3n) is 3.87. The van der Waals surface area contributed by atoms with Gasteiger partial charge in [0.25, 0.3) is 11.5 Å². The number of H-pyrrole nitrogens is 1. The number of pyridine rings is 2. The topological polar surface area (TPSA) is 101 Å². The summed E-state index contributed by atoms with van der Waals surface area (Å²) in [7, 11) is 0. The molecule has 0 bridgehead atoms. The molecule has 3 aromatic heterocycles. The van der Waals surface area contributed by atoms with Gasteiger partial charge in [-0.15, -0.1) is 0 Å². The molecular formula is C19H19N5O2S. The number of amides is 1. The van der Waals surface area contributed by atoms with Gasteiger partial charge >= 0.3 is 0 Å². The van der Waals surface area contributed by atoms with Gasteiger partial charge in [0.15, 0.2) is 5.82 Å². The van der Waals surface area contributed by atoms with Crippen molar-refractivity contribution in [1.29, 1.82) is 0 Å². The number of nitrogens with zero attached hydrogens (tertiary/aromatic N) is 3. The van der Waals surface area contributed by atoms with Gasteiger partial charge in [0.1, 0.15) is 5.69 Å². The van der Waals surface area contributed by atoms with E-state index in [2.05, 4.69) is 25.3 Å². The van der Waals surface area contributed by atoms with Crippen LogP contribution in [0.2, 0.25) is 0 Å². The van der Waals surface area contributed by atoms with E-state index in [9.17, 15) is 9.59 Å². The number of carbonyl (C=O) groups excluding carboxylic acids is 1. The lowest BCUT2D eigenvalue weighted by atomic mass is 10.1. The second-order valence-electron chi connectivity index (χ2n) is 5.78. The van der Waals surface area contributed by atoms with Gasteiger partial charge in [-0.2, -0.15) is 11.8 Å². The molecule has 0 aromatic carbocycles. The van der Waals surface area contributed by atoms with Crippen LogP contribution in [0.15, 0.2) is 59.8 Å². The molecule has 7 nitrogen and oxygen atoms in total. The Morgan fingerprint density at radius 1 is 1.26 bits per heavy atom. The van der Waals surface area contributed by atoms with E-state index in [0.717, 1.165) is 5.75 Å². The lowest BCUT2D eigenvalue weighted by molar-refractivity contribution is 0.0934. The summed E-state index contributed by atoms with van der Waals surface area (Å²) in [5.41, 5.74) is 1.25. The predicted octanol–water partition coefficient (Wildman–Crippen LogP) is 2.45. The highest BCUT2D eigenvalue weighted by atomic mass is 32.2. The van der Waals surface area contributed by atoms with Gasteiger partial charge in [0.05, 0.1) is 17.3 Å². The number of carbonyl (C=O) groups is 1. The van der Waals surface area contributed by atoms with Gasteiger partial charge in [0, 0.05) is 24.7 Å². The zero-order valence-corrected chi connectivity index (χ0v) is 15.6. The molecule has 0 saturated carbocycles. The number of nitrogens with one attached hydrogen (secondary N) is 2. The molecule has 27 heavy (non-hydrogen) atoms. The van der Waals surface area contributed by atoms with E-state index in [1.807, 2.05) is 12.3 Å². The van der Waals surface area contributed by atoms with Crippen molar-refractivity contribution in [2.75, 3.05) is 12.0 Å². The van der Waals surface area contributed by atoms with Crippen molar-refractivity contribution in [3.05, 3.63) is 76.6 Å². The Bertz CT molecular complexity index is 947. The molecule has 138 valence electrons. The van der Waals surface area contributed by atoms with Crippen LogP contribution in [-0.2, 0) is 0 Å². The monoisotopic (exact) mass is 381 g/mol. The first-order chi connectivity index (χ1) is 13.2. The molecular weight excluding hydrogens is 362 g/mol. The van der Waals surface area contributed by atoms with Gasteiger partial charge in [-0.3, -0.25) is 19.6 Å². The number of aromatic amines is 1.